The second-order valence-corrected chi connectivity index (χ2v) is 5.89. The Labute approximate surface area is 154 Å². The normalized spacial score (nSPS) is 10.3. The summed E-state index contributed by atoms with van der Waals surface area (Å²) in [5.74, 6) is -2.48. The highest BCUT2D eigenvalue weighted by Crippen LogP contribution is 2.30. The van der Waals surface area contributed by atoms with Crippen LogP contribution >= 0.6 is 0 Å². The summed E-state index contributed by atoms with van der Waals surface area (Å²) in [6.45, 7) is -0.615. The fourth-order valence-electron chi connectivity index (χ4n) is 2.77. The molecule has 0 bridgehead atoms. The monoisotopic (exact) mass is 361 g/mol. The van der Waals surface area contributed by atoms with Gasteiger partial charge in [-0.1, -0.05) is 42.5 Å². The minimum Gasteiger partial charge on any atom is -0.505 e. The smallest absolute Gasteiger partial charge is 0.322 e. The highest BCUT2D eigenvalue weighted by atomic mass is 16.4. The molecule has 0 unspecified atom stereocenters. The molecule has 7 nitrogen and oxygen atoms in total. The maximum absolute atomic E-state index is 12.1. The molecule has 2 aromatic carbocycles. The van der Waals surface area contributed by atoms with Crippen LogP contribution in [-0.4, -0.2) is 33.6 Å². The number of amides is 1. The Morgan fingerprint density at radius 3 is 2.48 bits per heavy atom. The van der Waals surface area contributed by atoms with Gasteiger partial charge in [-0.25, -0.2) is 4.98 Å². The van der Waals surface area contributed by atoms with Crippen LogP contribution in [0, 0.1) is 11.3 Å². The number of aromatic nitrogens is 1. The molecule has 0 aliphatic carbocycles. The average molecular weight is 361 g/mol. The number of carboxylic acids is 1. The summed E-state index contributed by atoms with van der Waals surface area (Å²) in [7, 11) is 0. The number of benzene rings is 2. The lowest BCUT2D eigenvalue weighted by Gasteiger charge is -2.10. The Balaban J connectivity index is 2.02. The minimum absolute atomic E-state index is 0.0156. The molecule has 7 heteroatoms. The average Bonchev–Trinajstić information content (AvgIpc) is 2.67. The van der Waals surface area contributed by atoms with Crippen molar-refractivity contribution in [3.8, 4) is 11.8 Å². The number of hydrogen-bond acceptors (Lipinski definition) is 5. The lowest BCUT2D eigenvalue weighted by Crippen LogP contribution is -2.30. The van der Waals surface area contributed by atoms with E-state index >= 15 is 0 Å². The van der Waals surface area contributed by atoms with Crippen LogP contribution in [0.4, 0.5) is 0 Å². The molecule has 27 heavy (non-hydrogen) atoms. The highest BCUT2D eigenvalue weighted by molar-refractivity contribution is 6.03. The third-order valence-electron chi connectivity index (χ3n) is 4.01. The third-order valence-corrected chi connectivity index (χ3v) is 4.01. The zero-order valence-electron chi connectivity index (χ0n) is 14.1. The molecule has 0 saturated carbocycles. The molecule has 134 valence electrons. The maximum atomic E-state index is 12.1. The SMILES string of the molecule is N#Cc1nc(C(=O)NCC(=O)O)c(O)c2ccc(Cc3ccccc3)cc12. The largest absolute Gasteiger partial charge is 0.505 e. The van der Waals surface area contributed by atoms with Gasteiger partial charge in [-0.05, 0) is 23.6 Å². The van der Waals surface area contributed by atoms with E-state index in [2.05, 4.69) is 10.3 Å². The molecule has 0 saturated heterocycles. The first-order valence-electron chi connectivity index (χ1n) is 8.09. The number of hydrogen-bond donors (Lipinski definition) is 3. The maximum Gasteiger partial charge on any atom is 0.322 e. The van der Waals surface area contributed by atoms with Gasteiger partial charge in [0, 0.05) is 10.8 Å². The Bertz CT molecular complexity index is 1070. The van der Waals surface area contributed by atoms with Gasteiger partial charge in [0.2, 0.25) is 0 Å². The molecule has 0 atom stereocenters. The summed E-state index contributed by atoms with van der Waals surface area (Å²) >= 11 is 0. The molecular formula is C20H15N3O4. The van der Waals surface area contributed by atoms with Crippen molar-refractivity contribution in [3.63, 3.8) is 0 Å². The number of aliphatic carboxylic acids is 1. The van der Waals surface area contributed by atoms with Gasteiger partial charge in [0.05, 0.1) is 0 Å². The fraction of sp³-hybridized carbons (Fsp3) is 0.100. The number of nitrogens with zero attached hydrogens (tertiary/aromatic N) is 2. The van der Waals surface area contributed by atoms with E-state index in [0.29, 0.717) is 17.2 Å². The van der Waals surface area contributed by atoms with Crippen molar-refractivity contribution in [1.29, 1.82) is 5.26 Å². The van der Waals surface area contributed by atoms with Crippen molar-refractivity contribution < 1.29 is 19.8 Å². The van der Waals surface area contributed by atoms with Crippen molar-refractivity contribution in [2.24, 2.45) is 0 Å². The Kier molecular flexibility index (Phi) is 4.99. The van der Waals surface area contributed by atoms with Crippen LogP contribution in [0.25, 0.3) is 10.8 Å². The number of rotatable bonds is 5. The number of fused-ring (bicyclic) bond motifs is 1. The quantitative estimate of drug-likeness (QED) is 0.640. The summed E-state index contributed by atoms with van der Waals surface area (Å²) in [5, 5.41) is 31.3. The molecule has 0 fully saturated rings. The van der Waals surface area contributed by atoms with Crippen molar-refractivity contribution in [1.82, 2.24) is 10.3 Å². The minimum atomic E-state index is -1.23. The number of carboxylic acid groups (broad SMARTS) is 1. The molecule has 1 amide bonds. The zero-order valence-corrected chi connectivity index (χ0v) is 14.1. The second-order valence-electron chi connectivity index (χ2n) is 5.89. The molecule has 0 aliphatic heterocycles. The Morgan fingerprint density at radius 1 is 1.07 bits per heavy atom. The zero-order chi connectivity index (χ0) is 19.4. The molecular weight excluding hydrogens is 346 g/mol. The van der Waals surface area contributed by atoms with Gasteiger partial charge in [-0.15, -0.1) is 0 Å². The van der Waals surface area contributed by atoms with Crippen molar-refractivity contribution in [2.75, 3.05) is 6.54 Å². The molecule has 1 heterocycles. The molecule has 1 aromatic heterocycles. The van der Waals surface area contributed by atoms with Crippen LogP contribution in [0.2, 0.25) is 0 Å². The first-order valence-corrected chi connectivity index (χ1v) is 8.09. The molecule has 3 N–H and O–H groups in total. The number of aromatic hydroxyl groups is 1. The van der Waals surface area contributed by atoms with Crippen LogP contribution in [0.5, 0.6) is 5.75 Å². The first kappa shape index (κ1) is 17.9. The van der Waals surface area contributed by atoms with E-state index < -0.39 is 24.2 Å². The number of carbonyl (C=O) groups excluding carboxylic acids is 1. The van der Waals surface area contributed by atoms with Crippen molar-refractivity contribution >= 4 is 22.6 Å². The van der Waals surface area contributed by atoms with Gasteiger partial charge < -0.3 is 15.5 Å². The molecule has 0 spiro atoms. The van der Waals surface area contributed by atoms with Crippen LogP contribution in [0.1, 0.15) is 27.3 Å². The summed E-state index contributed by atoms with van der Waals surface area (Å²) in [6.07, 6.45) is 0.642. The molecule has 0 radical (unpaired) electrons. The molecule has 3 rings (SSSR count). The van der Waals surface area contributed by atoms with E-state index in [0.717, 1.165) is 11.1 Å². The lowest BCUT2D eigenvalue weighted by atomic mass is 9.99. The van der Waals surface area contributed by atoms with Gasteiger partial charge in [0.25, 0.3) is 5.91 Å². The second kappa shape index (κ2) is 7.54. The van der Waals surface area contributed by atoms with Crippen LogP contribution in [0.15, 0.2) is 48.5 Å². The highest BCUT2D eigenvalue weighted by Gasteiger charge is 2.20. The standard InChI is InChI=1S/C20H15N3O4/c21-10-16-15-9-13(8-12-4-2-1-3-5-12)6-7-14(15)19(26)18(23-16)20(27)22-11-17(24)25/h1-7,9,26H,8,11H2,(H,22,27)(H,24,25). The van der Waals surface area contributed by atoms with E-state index in [9.17, 15) is 20.0 Å². The van der Waals surface area contributed by atoms with Crippen molar-refractivity contribution in [2.45, 2.75) is 6.42 Å². The predicted octanol–water partition coefficient (Wildman–Crippen LogP) is 2.22. The van der Waals surface area contributed by atoms with E-state index in [1.54, 1.807) is 18.2 Å². The van der Waals surface area contributed by atoms with E-state index in [1.807, 2.05) is 36.4 Å². The summed E-state index contributed by atoms with van der Waals surface area (Å²) in [6, 6.07) is 16.9. The third kappa shape index (κ3) is 3.85. The topological polar surface area (TPSA) is 123 Å². The predicted molar refractivity (Wildman–Crippen MR) is 97.3 cm³/mol. The Morgan fingerprint density at radius 2 is 1.81 bits per heavy atom. The van der Waals surface area contributed by atoms with Gasteiger partial charge in [-0.3, -0.25) is 9.59 Å². The van der Waals surface area contributed by atoms with Crippen molar-refractivity contribution in [3.05, 3.63) is 71.0 Å². The summed E-state index contributed by atoms with van der Waals surface area (Å²) in [5.41, 5.74) is 1.63. The first-order chi connectivity index (χ1) is 13.0. The van der Waals surface area contributed by atoms with Gasteiger partial charge in [-0.2, -0.15) is 5.26 Å². The van der Waals surface area contributed by atoms with Gasteiger partial charge in [0.1, 0.15) is 18.3 Å². The van der Waals surface area contributed by atoms with E-state index in [1.165, 1.54) is 0 Å². The van der Waals surface area contributed by atoms with E-state index in [-0.39, 0.29) is 11.4 Å². The molecule has 0 aliphatic rings. The number of pyridine rings is 1. The Hall–Kier alpha value is -3.92. The van der Waals surface area contributed by atoms with Gasteiger partial charge >= 0.3 is 5.97 Å². The number of nitriles is 1. The lowest BCUT2D eigenvalue weighted by molar-refractivity contribution is -0.135. The number of nitrogens with one attached hydrogen (secondary N) is 1. The van der Waals surface area contributed by atoms with E-state index in [4.69, 9.17) is 5.11 Å². The van der Waals surface area contributed by atoms with Crippen LogP contribution < -0.4 is 5.32 Å². The molecule has 3 aromatic rings. The fourth-order valence-corrected chi connectivity index (χ4v) is 2.77. The van der Waals surface area contributed by atoms with Crippen LogP contribution in [0.3, 0.4) is 0 Å². The number of carbonyl (C=O) groups is 2. The summed E-state index contributed by atoms with van der Waals surface area (Å²) in [4.78, 5) is 26.6. The summed E-state index contributed by atoms with van der Waals surface area (Å²) < 4.78 is 0. The van der Waals surface area contributed by atoms with Crippen LogP contribution in [-0.2, 0) is 11.2 Å². The van der Waals surface area contributed by atoms with Gasteiger partial charge in [0.15, 0.2) is 11.4 Å².